The van der Waals surface area contributed by atoms with Gasteiger partial charge < -0.3 is 10.5 Å². The average molecular weight is 216 g/mol. The van der Waals surface area contributed by atoms with E-state index in [1.165, 1.54) is 0 Å². The first kappa shape index (κ1) is 12.2. The Morgan fingerprint density at radius 1 is 1.58 bits per heavy atom. The van der Waals surface area contributed by atoms with Gasteiger partial charge in [-0.25, -0.2) is 8.42 Å². The van der Waals surface area contributed by atoms with Gasteiger partial charge in [0.05, 0.1) is 23.7 Å². The van der Waals surface area contributed by atoms with E-state index < -0.39 is 15.4 Å². The third-order valence-corrected chi connectivity index (χ3v) is 3.64. The van der Waals surface area contributed by atoms with Crippen LogP contribution in [0.4, 0.5) is 0 Å². The van der Waals surface area contributed by atoms with Crippen molar-refractivity contribution in [3.63, 3.8) is 0 Å². The molecule has 4 nitrogen and oxygen atoms in total. The normalized spacial score (nSPS) is 33.8. The third kappa shape index (κ3) is 2.90. The maximum atomic E-state index is 11.1. The molecule has 1 aliphatic rings. The van der Waals surface area contributed by atoms with E-state index in [1.54, 1.807) is 6.92 Å². The summed E-state index contributed by atoms with van der Waals surface area (Å²) in [5.41, 5.74) is 4.71. The highest BCUT2D eigenvalue weighted by Gasteiger charge is 2.34. The van der Waals surface area contributed by atoms with E-state index in [0.717, 1.165) is 0 Å². The highest BCUT2D eigenvalue weighted by Crippen LogP contribution is 2.17. The molecule has 1 atom stereocenters. The van der Waals surface area contributed by atoms with E-state index >= 15 is 0 Å². The predicted molar refractivity (Wildman–Crippen MR) is 49.3 cm³/mol. The Morgan fingerprint density at radius 2 is 2.17 bits per heavy atom. The summed E-state index contributed by atoms with van der Waals surface area (Å²) in [6, 6.07) is 0. The molecule has 0 aromatic carbocycles. The molecule has 12 heavy (non-hydrogen) atoms. The second-order valence-electron chi connectivity index (χ2n) is 3.09. The summed E-state index contributed by atoms with van der Waals surface area (Å²) in [6.07, 6.45) is 0. The number of nitrogens with two attached hydrogens (primary N) is 1. The zero-order valence-electron chi connectivity index (χ0n) is 6.95. The second kappa shape index (κ2) is 3.91. The summed E-state index contributed by atoms with van der Waals surface area (Å²) in [5, 5.41) is 0. The third-order valence-electron chi connectivity index (χ3n) is 1.80. The Kier molecular flexibility index (Phi) is 3.96. The highest BCUT2D eigenvalue weighted by atomic mass is 35.5. The van der Waals surface area contributed by atoms with Gasteiger partial charge in [-0.15, -0.1) is 12.4 Å². The lowest BCUT2D eigenvalue weighted by atomic mass is 10.1. The first-order valence-electron chi connectivity index (χ1n) is 3.52. The number of sulfone groups is 1. The van der Waals surface area contributed by atoms with Crippen LogP contribution < -0.4 is 5.73 Å². The summed E-state index contributed by atoms with van der Waals surface area (Å²) >= 11 is 0. The van der Waals surface area contributed by atoms with Gasteiger partial charge in [0.2, 0.25) is 0 Å². The molecule has 2 N–H and O–H groups in total. The SMILES string of the molecule is CC1(CN)CS(=O)(=O)CCO1.Cl. The molecule has 0 saturated carbocycles. The Balaban J connectivity index is 0.00000121. The Labute approximate surface area is 78.8 Å². The van der Waals surface area contributed by atoms with Crippen LogP contribution >= 0.6 is 12.4 Å². The van der Waals surface area contributed by atoms with E-state index in [1.807, 2.05) is 0 Å². The van der Waals surface area contributed by atoms with Crippen LogP contribution in [-0.4, -0.2) is 38.7 Å². The zero-order valence-corrected chi connectivity index (χ0v) is 8.58. The van der Waals surface area contributed by atoms with Crippen LogP contribution in [0.3, 0.4) is 0 Å². The quantitative estimate of drug-likeness (QED) is 0.645. The number of ether oxygens (including phenoxy) is 1. The Bertz CT molecular complexity index is 241. The van der Waals surface area contributed by atoms with E-state index in [4.69, 9.17) is 10.5 Å². The van der Waals surface area contributed by atoms with Crippen LogP contribution in [0, 0.1) is 0 Å². The monoisotopic (exact) mass is 215 g/mol. The van der Waals surface area contributed by atoms with Crippen molar-refractivity contribution in [1.29, 1.82) is 0 Å². The first-order chi connectivity index (χ1) is 4.97. The molecule has 1 unspecified atom stereocenters. The molecule has 0 bridgehead atoms. The van der Waals surface area contributed by atoms with Crippen LogP contribution in [-0.2, 0) is 14.6 Å². The van der Waals surface area contributed by atoms with Crippen molar-refractivity contribution >= 4 is 22.2 Å². The molecule has 1 fully saturated rings. The molecule has 6 heteroatoms. The number of hydrogen-bond donors (Lipinski definition) is 1. The fourth-order valence-electron chi connectivity index (χ4n) is 1.11. The fraction of sp³-hybridized carbons (Fsp3) is 1.00. The van der Waals surface area contributed by atoms with Crippen molar-refractivity contribution in [3.8, 4) is 0 Å². The van der Waals surface area contributed by atoms with Crippen molar-refractivity contribution < 1.29 is 13.2 Å². The van der Waals surface area contributed by atoms with Crippen molar-refractivity contribution in [2.45, 2.75) is 12.5 Å². The first-order valence-corrected chi connectivity index (χ1v) is 5.34. The topological polar surface area (TPSA) is 69.4 Å². The molecule has 0 aromatic heterocycles. The Morgan fingerprint density at radius 3 is 2.50 bits per heavy atom. The molecule has 1 rings (SSSR count). The van der Waals surface area contributed by atoms with Gasteiger partial charge in [-0.2, -0.15) is 0 Å². The molecule has 0 aromatic rings. The lowest BCUT2D eigenvalue weighted by Gasteiger charge is -2.31. The van der Waals surface area contributed by atoms with Crippen molar-refractivity contribution in [2.24, 2.45) is 5.73 Å². The van der Waals surface area contributed by atoms with Gasteiger partial charge in [0.1, 0.15) is 0 Å². The average Bonchev–Trinajstić information content (AvgIpc) is 1.85. The minimum absolute atomic E-state index is 0. The van der Waals surface area contributed by atoms with Crippen LogP contribution in [0.1, 0.15) is 6.92 Å². The number of hydrogen-bond acceptors (Lipinski definition) is 4. The smallest absolute Gasteiger partial charge is 0.155 e. The maximum Gasteiger partial charge on any atom is 0.155 e. The summed E-state index contributed by atoms with van der Waals surface area (Å²) in [5.74, 6) is 0.180. The van der Waals surface area contributed by atoms with Crippen molar-refractivity contribution in [2.75, 3.05) is 24.7 Å². The van der Waals surface area contributed by atoms with Gasteiger partial charge in [0, 0.05) is 6.54 Å². The standard InChI is InChI=1S/C6H13NO3S.ClH/c1-6(4-7)5-11(8,9)3-2-10-6;/h2-5,7H2,1H3;1H. The molecule has 74 valence electrons. The minimum Gasteiger partial charge on any atom is -0.372 e. The van der Waals surface area contributed by atoms with Gasteiger partial charge >= 0.3 is 0 Å². The van der Waals surface area contributed by atoms with Gasteiger partial charge in [0.15, 0.2) is 9.84 Å². The summed E-state index contributed by atoms with van der Waals surface area (Å²) in [4.78, 5) is 0. The number of rotatable bonds is 1. The molecule has 0 spiro atoms. The lowest BCUT2D eigenvalue weighted by molar-refractivity contribution is -0.00589. The minimum atomic E-state index is -2.91. The molecular weight excluding hydrogens is 202 g/mol. The van der Waals surface area contributed by atoms with Gasteiger partial charge in [0.25, 0.3) is 0 Å². The fourth-order valence-corrected chi connectivity index (χ4v) is 2.73. The molecule has 1 aliphatic heterocycles. The van der Waals surface area contributed by atoms with E-state index in [-0.39, 0.29) is 37.1 Å². The van der Waals surface area contributed by atoms with Crippen LogP contribution in [0.5, 0.6) is 0 Å². The van der Waals surface area contributed by atoms with Crippen molar-refractivity contribution in [3.05, 3.63) is 0 Å². The van der Waals surface area contributed by atoms with E-state index in [9.17, 15) is 8.42 Å². The summed E-state index contributed by atoms with van der Waals surface area (Å²) in [7, 11) is -2.91. The van der Waals surface area contributed by atoms with Crippen LogP contribution in [0.2, 0.25) is 0 Å². The molecular formula is C6H14ClNO3S. The summed E-state index contributed by atoms with van der Waals surface area (Å²) < 4.78 is 27.4. The van der Waals surface area contributed by atoms with Crippen LogP contribution in [0.25, 0.3) is 0 Å². The second-order valence-corrected chi connectivity index (χ2v) is 5.28. The maximum absolute atomic E-state index is 11.1. The van der Waals surface area contributed by atoms with Crippen LogP contribution in [0.15, 0.2) is 0 Å². The summed E-state index contributed by atoms with van der Waals surface area (Å²) in [6.45, 7) is 2.26. The predicted octanol–water partition coefficient (Wildman–Crippen LogP) is -0.429. The van der Waals surface area contributed by atoms with Gasteiger partial charge in [-0.05, 0) is 6.92 Å². The molecule has 0 amide bonds. The van der Waals surface area contributed by atoms with Gasteiger partial charge in [-0.1, -0.05) is 0 Å². The van der Waals surface area contributed by atoms with E-state index in [2.05, 4.69) is 0 Å². The Hall–Kier alpha value is 0.160. The molecule has 0 radical (unpaired) electrons. The lowest BCUT2D eigenvalue weighted by Crippen LogP contribution is -2.49. The molecule has 1 saturated heterocycles. The van der Waals surface area contributed by atoms with E-state index in [0.29, 0.717) is 0 Å². The largest absolute Gasteiger partial charge is 0.372 e. The molecule has 0 aliphatic carbocycles. The highest BCUT2D eigenvalue weighted by molar-refractivity contribution is 7.91. The van der Waals surface area contributed by atoms with Crippen molar-refractivity contribution in [1.82, 2.24) is 0 Å². The molecule has 1 heterocycles. The zero-order chi connectivity index (χ0) is 8.54. The van der Waals surface area contributed by atoms with Gasteiger partial charge in [-0.3, -0.25) is 0 Å². The number of halogens is 1.